The van der Waals surface area contributed by atoms with Crippen molar-refractivity contribution in [3.05, 3.63) is 47.8 Å². The fourth-order valence-corrected chi connectivity index (χ4v) is 2.15. The molecule has 1 aliphatic rings. The summed E-state index contributed by atoms with van der Waals surface area (Å²) in [5.74, 6) is -3.83. The smallest absolute Gasteiger partial charge is 0.299 e. The number of fused-ring (bicyclic) bond motifs is 1. The molecule has 7 heteroatoms. The van der Waals surface area contributed by atoms with Crippen LogP contribution in [0, 0.1) is 11.6 Å². The van der Waals surface area contributed by atoms with Crippen LogP contribution in [0.2, 0.25) is 0 Å². The number of carbonyl (C=O) groups excluding carboxylic acids is 2. The number of amides is 1. The van der Waals surface area contributed by atoms with Crippen molar-refractivity contribution in [2.75, 3.05) is 11.4 Å². The number of rotatable bonds is 3. The summed E-state index contributed by atoms with van der Waals surface area (Å²) < 4.78 is 28.0. The second-order valence-corrected chi connectivity index (χ2v) is 4.34. The van der Waals surface area contributed by atoms with E-state index in [1.54, 1.807) is 23.1 Å². The summed E-state index contributed by atoms with van der Waals surface area (Å²) in [6, 6.07) is 3.36. The third-order valence-electron chi connectivity index (χ3n) is 3.13. The SMILES string of the molecule is O=C1C(=O)N(CCn2cccn2)c2cc(F)c(F)cc21. The minimum absolute atomic E-state index is 0.102. The number of carbonyl (C=O) groups is 2. The first-order valence-corrected chi connectivity index (χ1v) is 5.90. The highest BCUT2D eigenvalue weighted by atomic mass is 19.2. The quantitative estimate of drug-likeness (QED) is 0.797. The van der Waals surface area contributed by atoms with Crippen molar-refractivity contribution in [1.82, 2.24) is 9.78 Å². The van der Waals surface area contributed by atoms with Crippen molar-refractivity contribution < 1.29 is 18.4 Å². The van der Waals surface area contributed by atoms with Crippen LogP contribution in [0.4, 0.5) is 14.5 Å². The van der Waals surface area contributed by atoms with Gasteiger partial charge in [0.05, 0.1) is 17.8 Å². The second-order valence-electron chi connectivity index (χ2n) is 4.34. The van der Waals surface area contributed by atoms with E-state index in [4.69, 9.17) is 0 Å². The molecule has 1 amide bonds. The Morgan fingerprint density at radius 2 is 1.85 bits per heavy atom. The minimum atomic E-state index is -1.14. The molecule has 2 aromatic rings. The summed E-state index contributed by atoms with van der Waals surface area (Å²) in [6.07, 6.45) is 3.29. The third kappa shape index (κ3) is 1.87. The molecular formula is C13H9F2N3O2. The van der Waals surface area contributed by atoms with E-state index in [-0.39, 0.29) is 17.8 Å². The minimum Gasteiger partial charge on any atom is -0.303 e. The molecule has 5 nitrogen and oxygen atoms in total. The number of Topliss-reactive ketones (excluding diaryl/α,β-unsaturated/α-hetero) is 1. The molecule has 20 heavy (non-hydrogen) atoms. The van der Waals surface area contributed by atoms with Crippen LogP contribution in [-0.4, -0.2) is 28.0 Å². The van der Waals surface area contributed by atoms with Gasteiger partial charge in [0.1, 0.15) is 0 Å². The fourth-order valence-electron chi connectivity index (χ4n) is 2.15. The highest BCUT2D eigenvalue weighted by Crippen LogP contribution is 2.30. The molecule has 1 aromatic heterocycles. The van der Waals surface area contributed by atoms with Gasteiger partial charge in [0, 0.05) is 25.0 Å². The molecule has 0 unspecified atom stereocenters. The van der Waals surface area contributed by atoms with Crippen LogP contribution >= 0.6 is 0 Å². The van der Waals surface area contributed by atoms with Gasteiger partial charge in [-0.25, -0.2) is 8.78 Å². The van der Waals surface area contributed by atoms with Crippen molar-refractivity contribution in [3.63, 3.8) is 0 Å². The first-order valence-electron chi connectivity index (χ1n) is 5.90. The zero-order valence-corrected chi connectivity index (χ0v) is 10.2. The van der Waals surface area contributed by atoms with Gasteiger partial charge in [-0.15, -0.1) is 0 Å². The lowest BCUT2D eigenvalue weighted by Crippen LogP contribution is -2.32. The summed E-state index contributed by atoms with van der Waals surface area (Å²) in [5, 5.41) is 3.97. The van der Waals surface area contributed by atoms with Crippen LogP contribution in [-0.2, 0) is 11.3 Å². The van der Waals surface area contributed by atoms with Gasteiger partial charge in [-0.05, 0) is 12.1 Å². The summed E-state index contributed by atoms with van der Waals surface area (Å²) >= 11 is 0. The Labute approximate surface area is 112 Å². The van der Waals surface area contributed by atoms with E-state index in [0.29, 0.717) is 6.54 Å². The normalized spacial score (nSPS) is 14.0. The Morgan fingerprint density at radius 1 is 1.10 bits per heavy atom. The molecule has 0 spiro atoms. The number of halogens is 2. The Hall–Kier alpha value is -2.57. The Morgan fingerprint density at radius 3 is 2.55 bits per heavy atom. The molecule has 1 aromatic carbocycles. The summed E-state index contributed by atoms with van der Waals surface area (Å²) in [7, 11) is 0. The first kappa shape index (κ1) is 12.5. The summed E-state index contributed by atoms with van der Waals surface area (Å²) in [4.78, 5) is 24.7. The zero-order chi connectivity index (χ0) is 14.3. The number of aromatic nitrogens is 2. The first-order chi connectivity index (χ1) is 9.58. The number of anilines is 1. The standard InChI is InChI=1S/C13H9F2N3O2/c14-9-6-8-11(7-10(9)15)18(13(20)12(8)19)5-4-17-3-1-2-16-17/h1-3,6-7H,4-5H2. The van der Waals surface area contributed by atoms with Gasteiger partial charge in [-0.2, -0.15) is 5.10 Å². The third-order valence-corrected chi connectivity index (χ3v) is 3.13. The number of benzene rings is 1. The van der Waals surface area contributed by atoms with E-state index < -0.39 is 23.3 Å². The zero-order valence-electron chi connectivity index (χ0n) is 10.2. The molecule has 3 rings (SSSR count). The Balaban J connectivity index is 1.91. The van der Waals surface area contributed by atoms with Gasteiger partial charge in [-0.3, -0.25) is 14.3 Å². The van der Waals surface area contributed by atoms with Crippen molar-refractivity contribution in [3.8, 4) is 0 Å². The lowest BCUT2D eigenvalue weighted by molar-refractivity contribution is -0.114. The van der Waals surface area contributed by atoms with Gasteiger partial charge in [0.2, 0.25) is 0 Å². The van der Waals surface area contributed by atoms with Gasteiger partial charge >= 0.3 is 0 Å². The molecule has 1 aliphatic heterocycles. The molecule has 0 radical (unpaired) electrons. The van der Waals surface area contributed by atoms with Crippen LogP contribution < -0.4 is 4.90 Å². The van der Waals surface area contributed by atoms with Crippen LogP contribution in [0.3, 0.4) is 0 Å². The van der Waals surface area contributed by atoms with Crippen molar-refractivity contribution in [2.24, 2.45) is 0 Å². The average Bonchev–Trinajstić information content (AvgIpc) is 3.00. The predicted octanol–water partition coefficient (Wildman–Crippen LogP) is 1.39. The average molecular weight is 277 g/mol. The molecule has 0 aliphatic carbocycles. The van der Waals surface area contributed by atoms with Crippen LogP contribution in [0.15, 0.2) is 30.6 Å². The van der Waals surface area contributed by atoms with E-state index in [9.17, 15) is 18.4 Å². The Kier molecular flexibility index (Phi) is 2.81. The molecule has 0 fully saturated rings. The maximum absolute atomic E-state index is 13.3. The molecule has 2 heterocycles. The number of nitrogens with zero attached hydrogens (tertiary/aromatic N) is 3. The van der Waals surface area contributed by atoms with Gasteiger partial charge in [0.25, 0.3) is 11.7 Å². The highest BCUT2D eigenvalue weighted by Gasteiger charge is 2.36. The Bertz CT molecular complexity index is 698. The topological polar surface area (TPSA) is 55.2 Å². The van der Waals surface area contributed by atoms with Crippen molar-refractivity contribution in [2.45, 2.75) is 6.54 Å². The van der Waals surface area contributed by atoms with E-state index >= 15 is 0 Å². The molecular weight excluding hydrogens is 268 g/mol. The number of hydrogen-bond acceptors (Lipinski definition) is 3. The van der Waals surface area contributed by atoms with E-state index in [1.165, 1.54) is 0 Å². The van der Waals surface area contributed by atoms with E-state index in [1.807, 2.05) is 0 Å². The highest BCUT2D eigenvalue weighted by molar-refractivity contribution is 6.52. The molecule has 0 N–H and O–H groups in total. The summed E-state index contributed by atoms with van der Waals surface area (Å²) in [6.45, 7) is 0.509. The van der Waals surface area contributed by atoms with Gasteiger partial charge in [0.15, 0.2) is 11.6 Å². The number of ketones is 1. The van der Waals surface area contributed by atoms with Crippen LogP contribution in [0.1, 0.15) is 10.4 Å². The van der Waals surface area contributed by atoms with Gasteiger partial charge < -0.3 is 4.90 Å². The van der Waals surface area contributed by atoms with E-state index in [0.717, 1.165) is 17.0 Å². The molecule has 0 saturated carbocycles. The van der Waals surface area contributed by atoms with E-state index in [2.05, 4.69) is 5.10 Å². The van der Waals surface area contributed by atoms with Crippen LogP contribution in [0.5, 0.6) is 0 Å². The molecule has 0 bridgehead atoms. The maximum atomic E-state index is 13.3. The molecule has 0 atom stereocenters. The van der Waals surface area contributed by atoms with Crippen molar-refractivity contribution in [1.29, 1.82) is 0 Å². The fraction of sp³-hybridized carbons (Fsp3) is 0.154. The van der Waals surface area contributed by atoms with Crippen molar-refractivity contribution >= 4 is 17.4 Å². The molecule has 102 valence electrons. The molecule has 0 saturated heterocycles. The largest absolute Gasteiger partial charge is 0.303 e. The second kappa shape index (κ2) is 4.52. The maximum Gasteiger partial charge on any atom is 0.299 e. The monoisotopic (exact) mass is 277 g/mol. The lowest BCUT2D eigenvalue weighted by Gasteiger charge is -2.16. The number of hydrogen-bond donors (Lipinski definition) is 0. The predicted molar refractivity (Wildman–Crippen MR) is 65.3 cm³/mol. The summed E-state index contributed by atoms with van der Waals surface area (Å²) in [5.41, 5.74) is 0.000390. The van der Waals surface area contributed by atoms with Crippen LogP contribution in [0.25, 0.3) is 0 Å². The van der Waals surface area contributed by atoms with Gasteiger partial charge in [-0.1, -0.05) is 0 Å². The lowest BCUT2D eigenvalue weighted by atomic mass is 10.1.